The Morgan fingerprint density at radius 1 is 1.29 bits per heavy atom. The minimum absolute atomic E-state index is 0.158. The van der Waals surface area contributed by atoms with Crippen molar-refractivity contribution in [3.63, 3.8) is 0 Å². The highest BCUT2D eigenvalue weighted by Gasteiger charge is 2.58. The molecule has 0 aromatic rings. The summed E-state index contributed by atoms with van der Waals surface area (Å²) in [7, 11) is 0. The number of hydrogen-bond acceptors (Lipinski definition) is 7. The van der Waals surface area contributed by atoms with E-state index in [1.54, 1.807) is 13.0 Å². The van der Waals surface area contributed by atoms with Gasteiger partial charge in [-0.15, -0.1) is 0 Å². The van der Waals surface area contributed by atoms with Crippen LogP contribution in [0.15, 0.2) is 36.0 Å². The van der Waals surface area contributed by atoms with Gasteiger partial charge >= 0.3 is 17.9 Å². The molecule has 0 spiro atoms. The van der Waals surface area contributed by atoms with E-state index in [9.17, 15) is 14.4 Å². The van der Waals surface area contributed by atoms with Gasteiger partial charge in [-0.3, -0.25) is 4.79 Å². The van der Waals surface area contributed by atoms with Crippen molar-refractivity contribution in [1.29, 1.82) is 0 Å². The van der Waals surface area contributed by atoms with Crippen molar-refractivity contribution >= 4 is 17.9 Å². The molecule has 2 heterocycles. The predicted octanol–water partition coefficient (Wildman–Crippen LogP) is 2.40. The van der Waals surface area contributed by atoms with E-state index in [0.29, 0.717) is 12.8 Å². The fourth-order valence-electron chi connectivity index (χ4n) is 3.92. The number of carbonyl (C=O) groups is 3. The smallest absolute Gasteiger partial charge is 0.334 e. The minimum Gasteiger partial charge on any atom is -0.458 e. The molecule has 0 N–H and O–H groups in total. The number of ether oxygens (including phenoxy) is 4. The quantitative estimate of drug-likeness (QED) is 0.240. The summed E-state index contributed by atoms with van der Waals surface area (Å²) in [5.41, 5.74) is 0.702. The van der Waals surface area contributed by atoms with E-state index in [1.807, 2.05) is 13.8 Å². The van der Waals surface area contributed by atoms with Crippen molar-refractivity contribution in [2.45, 2.75) is 70.6 Å². The van der Waals surface area contributed by atoms with Gasteiger partial charge in [0.2, 0.25) is 0 Å². The molecule has 0 saturated carbocycles. The van der Waals surface area contributed by atoms with Crippen LogP contribution in [0.1, 0.15) is 40.5 Å². The molecule has 2 fully saturated rings. The zero-order chi connectivity index (χ0) is 20.8. The second-order valence-electron chi connectivity index (χ2n) is 8.01. The minimum atomic E-state index is -0.667. The monoisotopic (exact) mass is 390 g/mol. The van der Waals surface area contributed by atoms with Crippen molar-refractivity contribution < 1.29 is 33.3 Å². The predicted molar refractivity (Wildman–Crippen MR) is 99.0 cm³/mol. The van der Waals surface area contributed by atoms with Gasteiger partial charge in [0.1, 0.15) is 18.3 Å². The molecule has 2 aliphatic heterocycles. The molecule has 3 rings (SSSR count). The van der Waals surface area contributed by atoms with Crippen molar-refractivity contribution in [3.05, 3.63) is 36.0 Å². The first-order valence-electron chi connectivity index (χ1n) is 9.31. The van der Waals surface area contributed by atoms with E-state index < -0.39 is 47.7 Å². The Morgan fingerprint density at radius 2 is 1.96 bits per heavy atom. The van der Waals surface area contributed by atoms with Crippen molar-refractivity contribution in [1.82, 2.24) is 0 Å². The lowest BCUT2D eigenvalue weighted by molar-refractivity contribution is -0.149. The Hall–Kier alpha value is -2.41. The lowest BCUT2D eigenvalue weighted by Crippen LogP contribution is -2.38. The Kier molecular flexibility index (Phi) is 5.23. The zero-order valence-corrected chi connectivity index (χ0v) is 16.7. The molecule has 0 unspecified atom stereocenters. The molecule has 0 radical (unpaired) electrons. The molecule has 0 aromatic carbocycles. The summed E-state index contributed by atoms with van der Waals surface area (Å²) < 4.78 is 22.5. The molecular weight excluding hydrogens is 364 g/mol. The molecule has 2 saturated heterocycles. The van der Waals surface area contributed by atoms with Gasteiger partial charge in [-0.25, -0.2) is 9.59 Å². The molecule has 28 heavy (non-hydrogen) atoms. The number of esters is 3. The maximum absolute atomic E-state index is 12.2. The summed E-state index contributed by atoms with van der Waals surface area (Å²) in [4.78, 5) is 35.9. The molecule has 0 amide bonds. The molecule has 0 aromatic heterocycles. The first kappa shape index (κ1) is 20.3. The SMILES string of the molecule is C=C(C)C(=O)O[C@@H]1C[C@]2(C)O[C@@H]2C[C@H](OC(C)=O)/C(C)=C/[C@H]2OC(=O)C(=C)[C@@H]21. The third-order valence-corrected chi connectivity index (χ3v) is 5.58. The number of carbonyl (C=O) groups excluding carboxylic acids is 3. The highest BCUT2D eigenvalue weighted by atomic mass is 16.6. The maximum atomic E-state index is 12.2. The van der Waals surface area contributed by atoms with E-state index in [-0.39, 0.29) is 17.3 Å². The van der Waals surface area contributed by atoms with Gasteiger partial charge in [-0.1, -0.05) is 13.2 Å². The zero-order valence-electron chi connectivity index (χ0n) is 16.7. The molecule has 3 aliphatic rings. The fourth-order valence-corrected chi connectivity index (χ4v) is 3.92. The lowest BCUT2D eigenvalue weighted by atomic mass is 9.82. The number of fused-ring (bicyclic) bond motifs is 2. The summed E-state index contributed by atoms with van der Waals surface area (Å²) in [6.07, 6.45) is 0.638. The van der Waals surface area contributed by atoms with Crippen LogP contribution in [-0.4, -0.2) is 47.9 Å². The lowest BCUT2D eigenvalue weighted by Gasteiger charge is -2.29. The number of rotatable bonds is 3. The Bertz CT molecular complexity index is 780. The van der Waals surface area contributed by atoms with Gasteiger partial charge in [0, 0.05) is 30.9 Å². The average molecular weight is 390 g/mol. The standard InChI is InChI=1S/C21H26O7/c1-10(2)19(23)27-16-9-21(6)17(28-21)8-14(25-13(5)22)11(3)7-15-18(16)12(4)20(24)26-15/h7,14-18H,1,4,8-9H2,2-3,5-6H3/b11-7+/t14-,15+,16+,17+,18-,21-/m0/s1. The second kappa shape index (κ2) is 7.20. The third kappa shape index (κ3) is 3.90. The van der Waals surface area contributed by atoms with Gasteiger partial charge in [0.05, 0.1) is 17.6 Å². The summed E-state index contributed by atoms with van der Waals surface area (Å²) in [5, 5.41) is 0. The van der Waals surface area contributed by atoms with E-state index >= 15 is 0 Å². The van der Waals surface area contributed by atoms with Crippen molar-refractivity contribution in [2.24, 2.45) is 5.92 Å². The summed E-state index contributed by atoms with van der Waals surface area (Å²) in [6, 6.07) is 0. The maximum Gasteiger partial charge on any atom is 0.334 e. The Labute approximate surface area is 164 Å². The topological polar surface area (TPSA) is 91.4 Å². The summed E-state index contributed by atoms with van der Waals surface area (Å²) in [6.45, 7) is 14.1. The number of epoxide rings is 1. The molecule has 6 atom stereocenters. The van der Waals surface area contributed by atoms with E-state index in [4.69, 9.17) is 18.9 Å². The van der Waals surface area contributed by atoms with Crippen LogP contribution in [-0.2, 0) is 33.3 Å². The van der Waals surface area contributed by atoms with Gasteiger partial charge in [0.15, 0.2) is 0 Å². The average Bonchev–Trinajstić information content (AvgIpc) is 3.11. The highest BCUT2D eigenvalue weighted by Crippen LogP contribution is 2.48. The molecule has 152 valence electrons. The van der Waals surface area contributed by atoms with Gasteiger partial charge in [0.25, 0.3) is 0 Å². The van der Waals surface area contributed by atoms with Crippen LogP contribution in [0, 0.1) is 5.92 Å². The third-order valence-electron chi connectivity index (χ3n) is 5.58. The summed E-state index contributed by atoms with van der Waals surface area (Å²) in [5.74, 6) is -2.01. The van der Waals surface area contributed by atoms with Crippen LogP contribution in [0.2, 0.25) is 0 Å². The first-order valence-corrected chi connectivity index (χ1v) is 9.31. The van der Waals surface area contributed by atoms with Crippen LogP contribution >= 0.6 is 0 Å². The largest absolute Gasteiger partial charge is 0.458 e. The second-order valence-corrected chi connectivity index (χ2v) is 8.01. The van der Waals surface area contributed by atoms with Crippen LogP contribution in [0.5, 0.6) is 0 Å². The van der Waals surface area contributed by atoms with Crippen LogP contribution in [0.3, 0.4) is 0 Å². The molecular formula is C21H26O7. The first-order chi connectivity index (χ1) is 13.0. The van der Waals surface area contributed by atoms with Gasteiger partial charge < -0.3 is 18.9 Å². The van der Waals surface area contributed by atoms with Crippen LogP contribution in [0.4, 0.5) is 0 Å². The van der Waals surface area contributed by atoms with E-state index in [2.05, 4.69) is 13.2 Å². The molecule has 1 aliphatic carbocycles. The highest BCUT2D eigenvalue weighted by molar-refractivity contribution is 5.91. The van der Waals surface area contributed by atoms with Crippen molar-refractivity contribution in [2.75, 3.05) is 0 Å². The van der Waals surface area contributed by atoms with Gasteiger partial charge in [-0.2, -0.15) is 0 Å². The molecule has 7 heteroatoms. The normalized spacial score (nSPS) is 38.9. The Morgan fingerprint density at radius 3 is 2.57 bits per heavy atom. The molecule has 7 nitrogen and oxygen atoms in total. The van der Waals surface area contributed by atoms with E-state index in [0.717, 1.165) is 5.57 Å². The van der Waals surface area contributed by atoms with Crippen molar-refractivity contribution in [3.8, 4) is 0 Å². The fraction of sp³-hybridized carbons (Fsp3) is 0.571. The Balaban J connectivity index is 1.99. The van der Waals surface area contributed by atoms with Crippen LogP contribution in [0.25, 0.3) is 0 Å². The van der Waals surface area contributed by atoms with E-state index in [1.165, 1.54) is 6.92 Å². The summed E-state index contributed by atoms with van der Waals surface area (Å²) >= 11 is 0. The molecule has 0 bridgehead atoms. The van der Waals surface area contributed by atoms with Gasteiger partial charge in [-0.05, 0) is 32.4 Å². The van der Waals surface area contributed by atoms with Crippen LogP contribution < -0.4 is 0 Å². The number of hydrogen-bond donors (Lipinski definition) is 0.